The average molecular weight is 379 g/mol. The van der Waals surface area contributed by atoms with Gasteiger partial charge in [-0.2, -0.15) is 0 Å². The summed E-state index contributed by atoms with van der Waals surface area (Å²) >= 11 is 0. The van der Waals surface area contributed by atoms with Crippen LogP contribution in [0.4, 0.5) is 14.8 Å². The topological polar surface area (TPSA) is 102 Å². The normalized spacial score (nSPS) is 11.3. The van der Waals surface area contributed by atoms with Crippen molar-refractivity contribution in [2.24, 2.45) is 0 Å². The first-order valence-corrected chi connectivity index (χ1v) is 8.86. The number of hydrogen-bond acceptors (Lipinski definition) is 6. The van der Waals surface area contributed by atoms with Crippen LogP contribution in [-0.4, -0.2) is 30.3 Å². The lowest BCUT2D eigenvalue weighted by atomic mass is 10.2. The fourth-order valence-corrected chi connectivity index (χ4v) is 3.17. The third kappa shape index (κ3) is 4.09. The molecule has 0 unspecified atom stereocenters. The van der Waals surface area contributed by atoms with Crippen LogP contribution in [-0.2, 0) is 14.6 Å². The van der Waals surface area contributed by atoms with Crippen LogP contribution in [0.3, 0.4) is 0 Å². The van der Waals surface area contributed by atoms with Crippen LogP contribution >= 0.6 is 0 Å². The van der Waals surface area contributed by atoms with Crippen molar-refractivity contribution in [2.45, 2.75) is 4.90 Å². The second-order valence-corrected chi connectivity index (χ2v) is 7.17. The van der Waals surface area contributed by atoms with E-state index >= 15 is 0 Å². The first kappa shape index (κ1) is 17.7. The average Bonchev–Trinajstić information content (AvgIpc) is 3.03. The highest BCUT2D eigenvalue weighted by molar-refractivity contribution is 7.92. The number of aromatic nitrogens is 2. The minimum atomic E-state index is -3.96. The van der Waals surface area contributed by atoms with E-state index in [0.717, 1.165) is 24.3 Å². The van der Waals surface area contributed by atoms with Crippen molar-refractivity contribution in [1.29, 1.82) is 0 Å². The second kappa shape index (κ2) is 7.00. The molecule has 0 aliphatic carbocycles. The number of halogens is 2. The Bertz CT molecular complexity index is 1030. The Kier molecular flexibility index (Phi) is 4.76. The van der Waals surface area contributed by atoms with Crippen LogP contribution < -0.4 is 5.32 Å². The molecule has 0 fully saturated rings. The Labute approximate surface area is 146 Å². The van der Waals surface area contributed by atoms with Crippen LogP contribution in [0.2, 0.25) is 0 Å². The van der Waals surface area contributed by atoms with Gasteiger partial charge in [-0.1, -0.05) is 5.10 Å². The van der Waals surface area contributed by atoms with Crippen LogP contribution in [0, 0.1) is 11.6 Å². The number of nitrogens with zero attached hydrogens (tertiary/aromatic N) is 2. The number of rotatable bonds is 5. The highest BCUT2D eigenvalue weighted by atomic mass is 32.2. The van der Waals surface area contributed by atoms with Crippen molar-refractivity contribution >= 4 is 21.8 Å². The molecule has 3 rings (SSSR count). The van der Waals surface area contributed by atoms with E-state index in [1.54, 1.807) is 0 Å². The number of carbonyl (C=O) groups excluding carboxylic acids is 1. The highest BCUT2D eigenvalue weighted by Gasteiger charge is 2.21. The highest BCUT2D eigenvalue weighted by Crippen LogP contribution is 2.20. The monoisotopic (exact) mass is 379 g/mol. The van der Waals surface area contributed by atoms with Gasteiger partial charge >= 0.3 is 6.01 Å². The van der Waals surface area contributed by atoms with Gasteiger partial charge < -0.3 is 4.42 Å². The smallest absolute Gasteiger partial charge is 0.322 e. The van der Waals surface area contributed by atoms with E-state index in [2.05, 4.69) is 15.5 Å². The molecule has 0 atom stereocenters. The lowest BCUT2D eigenvalue weighted by molar-refractivity contribution is -0.114. The van der Waals surface area contributed by atoms with E-state index in [1.807, 2.05) is 0 Å². The molecule has 0 radical (unpaired) electrons. The molecule has 10 heteroatoms. The Morgan fingerprint density at radius 1 is 0.962 bits per heavy atom. The predicted molar refractivity (Wildman–Crippen MR) is 86.8 cm³/mol. The van der Waals surface area contributed by atoms with Gasteiger partial charge in [-0.15, -0.1) is 5.10 Å². The minimum Gasteiger partial charge on any atom is -0.403 e. The summed E-state index contributed by atoms with van der Waals surface area (Å²) in [4.78, 5) is 11.7. The molecule has 26 heavy (non-hydrogen) atoms. The number of amides is 1. The van der Waals surface area contributed by atoms with E-state index in [9.17, 15) is 22.0 Å². The van der Waals surface area contributed by atoms with Crippen molar-refractivity contribution in [3.8, 4) is 11.5 Å². The van der Waals surface area contributed by atoms with Gasteiger partial charge in [0.2, 0.25) is 11.8 Å². The standard InChI is InChI=1S/C16H11F2N3O4S/c17-11-3-1-10(2-4-11)15-20-21-16(25-15)19-14(22)9-26(23,24)13-7-5-12(18)6-8-13/h1-8H,9H2,(H,19,21,22). The molecule has 0 bridgehead atoms. The number of hydrogen-bond donors (Lipinski definition) is 1. The van der Waals surface area contributed by atoms with Crippen LogP contribution in [0.15, 0.2) is 57.8 Å². The number of nitrogens with one attached hydrogen (secondary N) is 1. The van der Waals surface area contributed by atoms with Gasteiger partial charge in [0.05, 0.1) is 4.90 Å². The van der Waals surface area contributed by atoms with Crippen molar-refractivity contribution in [3.05, 3.63) is 60.2 Å². The van der Waals surface area contributed by atoms with Gasteiger partial charge in [-0.05, 0) is 48.5 Å². The first-order valence-electron chi connectivity index (χ1n) is 7.21. The predicted octanol–water partition coefficient (Wildman–Crippen LogP) is 2.43. The zero-order valence-corrected chi connectivity index (χ0v) is 13.8. The molecule has 3 aromatic rings. The molecule has 134 valence electrons. The number of benzene rings is 2. The quantitative estimate of drug-likeness (QED) is 0.683. The number of anilines is 1. The van der Waals surface area contributed by atoms with Crippen LogP contribution in [0.25, 0.3) is 11.5 Å². The lowest BCUT2D eigenvalue weighted by Crippen LogP contribution is -2.23. The summed E-state index contributed by atoms with van der Waals surface area (Å²) in [6.45, 7) is 0. The summed E-state index contributed by atoms with van der Waals surface area (Å²) in [6, 6.07) is 9.02. The van der Waals surface area contributed by atoms with Crippen molar-refractivity contribution in [1.82, 2.24) is 10.2 Å². The van der Waals surface area contributed by atoms with Gasteiger partial charge in [-0.25, -0.2) is 17.2 Å². The summed E-state index contributed by atoms with van der Waals surface area (Å²) in [6.07, 6.45) is 0. The van der Waals surface area contributed by atoms with E-state index in [-0.39, 0.29) is 16.8 Å². The van der Waals surface area contributed by atoms with Crippen LogP contribution in [0.1, 0.15) is 0 Å². The molecule has 1 aromatic heterocycles. The molecular formula is C16H11F2N3O4S. The molecule has 1 amide bonds. The molecule has 0 aliphatic heterocycles. The molecule has 1 heterocycles. The molecule has 0 aliphatic rings. The SMILES string of the molecule is O=C(CS(=O)(=O)c1ccc(F)cc1)Nc1nnc(-c2ccc(F)cc2)o1. The minimum absolute atomic E-state index is 0.0293. The second-order valence-electron chi connectivity index (χ2n) is 5.18. The fraction of sp³-hybridized carbons (Fsp3) is 0.0625. The maximum absolute atomic E-state index is 12.9. The zero-order valence-electron chi connectivity index (χ0n) is 13.0. The first-order chi connectivity index (χ1) is 12.3. The van der Waals surface area contributed by atoms with Crippen LogP contribution in [0.5, 0.6) is 0 Å². The molecule has 2 aromatic carbocycles. The van der Waals surface area contributed by atoms with E-state index < -0.39 is 33.1 Å². The fourth-order valence-electron chi connectivity index (χ4n) is 2.04. The zero-order chi connectivity index (χ0) is 18.7. The molecule has 1 N–H and O–H groups in total. The Hall–Kier alpha value is -3.14. The van der Waals surface area contributed by atoms with Gasteiger partial charge in [0.25, 0.3) is 0 Å². The molecular weight excluding hydrogens is 368 g/mol. The molecule has 0 saturated heterocycles. The van der Waals surface area contributed by atoms with Gasteiger partial charge in [0.15, 0.2) is 9.84 Å². The summed E-state index contributed by atoms with van der Waals surface area (Å²) in [5, 5.41) is 9.45. The lowest BCUT2D eigenvalue weighted by Gasteiger charge is -2.03. The van der Waals surface area contributed by atoms with Gasteiger partial charge in [0.1, 0.15) is 17.4 Å². The van der Waals surface area contributed by atoms with E-state index in [0.29, 0.717) is 5.56 Å². The number of sulfone groups is 1. The maximum atomic E-state index is 12.9. The number of carbonyl (C=O) groups is 1. The third-order valence-electron chi connectivity index (χ3n) is 3.26. The van der Waals surface area contributed by atoms with Gasteiger partial charge in [-0.3, -0.25) is 10.1 Å². The Balaban J connectivity index is 1.68. The largest absolute Gasteiger partial charge is 0.403 e. The third-order valence-corrected chi connectivity index (χ3v) is 4.89. The van der Waals surface area contributed by atoms with Crippen molar-refractivity contribution < 1.29 is 26.4 Å². The van der Waals surface area contributed by atoms with E-state index in [1.165, 1.54) is 24.3 Å². The summed E-state index contributed by atoms with van der Waals surface area (Å²) in [5.41, 5.74) is 0.429. The van der Waals surface area contributed by atoms with E-state index in [4.69, 9.17) is 4.42 Å². The maximum Gasteiger partial charge on any atom is 0.322 e. The summed E-state index contributed by atoms with van der Waals surface area (Å²) < 4.78 is 55.2. The summed E-state index contributed by atoms with van der Waals surface area (Å²) in [7, 11) is -3.96. The molecule has 0 saturated carbocycles. The summed E-state index contributed by atoms with van der Waals surface area (Å²) in [5.74, 6) is -2.78. The van der Waals surface area contributed by atoms with Crippen molar-refractivity contribution in [2.75, 3.05) is 11.1 Å². The molecule has 7 nitrogen and oxygen atoms in total. The Morgan fingerprint density at radius 2 is 1.54 bits per heavy atom. The van der Waals surface area contributed by atoms with Crippen molar-refractivity contribution in [3.63, 3.8) is 0 Å². The molecule has 0 spiro atoms. The van der Waals surface area contributed by atoms with Gasteiger partial charge in [0, 0.05) is 5.56 Å². The Morgan fingerprint density at radius 3 is 2.15 bits per heavy atom.